The molecule has 5 nitrogen and oxygen atoms in total. The van der Waals surface area contributed by atoms with Gasteiger partial charge in [-0.15, -0.1) is 0 Å². The number of methoxy groups -OCH3 is 1. The van der Waals surface area contributed by atoms with Crippen LogP contribution in [0.4, 0.5) is 0 Å². The molecule has 1 aliphatic rings. The first-order valence-electron chi connectivity index (χ1n) is 7.85. The van der Waals surface area contributed by atoms with Crippen molar-refractivity contribution in [1.29, 1.82) is 0 Å². The Morgan fingerprint density at radius 1 is 1.13 bits per heavy atom. The fourth-order valence-electron chi connectivity index (χ4n) is 3.09. The maximum atomic E-state index is 12.7. The molecule has 2 aromatic rings. The summed E-state index contributed by atoms with van der Waals surface area (Å²) in [6, 6.07) is 12.1. The number of hydrogen-bond acceptors (Lipinski definition) is 3. The van der Waals surface area contributed by atoms with Crippen molar-refractivity contribution in [1.82, 2.24) is 14.4 Å². The van der Waals surface area contributed by atoms with Gasteiger partial charge in [-0.3, -0.25) is 9.69 Å². The highest BCUT2D eigenvalue weighted by Crippen LogP contribution is 2.26. The molecule has 1 amide bonds. The first-order chi connectivity index (χ1) is 11.1. The summed E-state index contributed by atoms with van der Waals surface area (Å²) in [5.41, 5.74) is 1.95. The Hall–Kier alpha value is -2.27. The molecule has 1 atom stereocenters. The van der Waals surface area contributed by atoms with Crippen molar-refractivity contribution in [3.8, 4) is 5.75 Å². The summed E-state index contributed by atoms with van der Waals surface area (Å²) >= 11 is 0. The minimum Gasteiger partial charge on any atom is -0.497 e. The van der Waals surface area contributed by atoms with Gasteiger partial charge in [-0.05, 0) is 36.9 Å². The van der Waals surface area contributed by atoms with Crippen LogP contribution >= 0.6 is 0 Å². The van der Waals surface area contributed by atoms with E-state index in [0.29, 0.717) is 6.54 Å². The number of hydrogen-bond donors (Lipinski definition) is 0. The standard InChI is InChI=1S/C18H23N3O2/c1-19-10-4-5-16(19)18(22)21-12-11-20(2)17(13-21)14-6-8-15(23-3)9-7-14/h4-10,17H,11-13H2,1-3H3/t17-/m0/s1. The van der Waals surface area contributed by atoms with Gasteiger partial charge in [0.1, 0.15) is 11.4 Å². The van der Waals surface area contributed by atoms with Crippen molar-refractivity contribution >= 4 is 5.91 Å². The van der Waals surface area contributed by atoms with E-state index in [2.05, 4.69) is 24.1 Å². The van der Waals surface area contributed by atoms with E-state index in [1.807, 2.05) is 47.0 Å². The molecular formula is C18H23N3O2. The van der Waals surface area contributed by atoms with Crippen LogP contribution in [0.25, 0.3) is 0 Å². The molecule has 23 heavy (non-hydrogen) atoms. The van der Waals surface area contributed by atoms with Gasteiger partial charge in [0.2, 0.25) is 0 Å². The lowest BCUT2D eigenvalue weighted by Gasteiger charge is -2.39. The van der Waals surface area contributed by atoms with Crippen LogP contribution in [0.5, 0.6) is 5.75 Å². The Morgan fingerprint density at radius 2 is 1.87 bits per heavy atom. The number of piperazine rings is 1. The highest BCUT2D eigenvalue weighted by atomic mass is 16.5. The second-order valence-corrected chi connectivity index (χ2v) is 6.03. The fraction of sp³-hybridized carbons (Fsp3) is 0.389. The van der Waals surface area contributed by atoms with E-state index in [-0.39, 0.29) is 11.9 Å². The van der Waals surface area contributed by atoms with Crippen molar-refractivity contribution in [3.05, 3.63) is 53.9 Å². The van der Waals surface area contributed by atoms with Gasteiger partial charge in [0.25, 0.3) is 5.91 Å². The van der Waals surface area contributed by atoms with Crippen LogP contribution in [-0.4, -0.2) is 54.1 Å². The van der Waals surface area contributed by atoms with Crippen LogP contribution in [0.1, 0.15) is 22.1 Å². The Morgan fingerprint density at radius 3 is 2.48 bits per heavy atom. The van der Waals surface area contributed by atoms with Crippen LogP contribution in [0.15, 0.2) is 42.6 Å². The number of benzene rings is 1. The summed E-state index contributed by atoms with van der Waals surface area (Å²) in [6.07, 6.45) is 1.91. The minimum atomic E-state index is 0.101. The topological polar surface area (TPSA) is 37.7 Å². The summed E-state index contributed by atoms with van der Waals surface area (Å²) in [6.45, 7) is 2.33. The Balaban J connectivity index is 1.78. The van der Waals surface area contributed by atoms with Gasteiger partial charge in [0, 0.05) is 32.9 Å². The summed E-state index contributed by atoms with van der Waals surface area (Å²) in [5, 5.41) is 0. The SMILES string of the molecule is COc1ccc([C@@H]2CN(C(=O)c3cccn3C)CCN2C)cc1. The normalized spacial score (nSPS) is 18.9. The zero-order chi connectivity index (χ0) is 16.4. The number of carbonyl (C=O) groups is 1. The summed E-state index contributed by atoms with van der Waals surface area (Å²) < 4.78 is 7.10. The van der Waals surface area contributed by atoms with Crippen LogP contribution in [0.2, 0.25) is 0 Å². The average molecular weight is 313 g/mol. The molecule has 0 bridgehead atoms. The molecule has 1 saturated heterocycles. The molecule has 1 aliphatic heterocycles. The van der Waals surface area contributed by atoms with E-state index in [1.54, 1.807) is 7.11 Å². The van der Waals surface area contributed by atoms with E-state index in [9.17, 15) is 4.79 Å². The van der Waals surface area contributed by atoms with E-state index < -0.39 is 0 Å². The molecule has 1 fully saturated rings. The number of likely N-dealkylation sites (N-methyl/N-ethyl adjacent to an activating group) is 1. The summed E-state index contributed by atoms with van der Waals surface area (Å²) in [5.74, 6) is 0.952. The molecule has 5 heteroatoms. The number of nitrogens with zero attached hydrogens (tertiary/aromatic N) is 3. The third-order valence-corrected chi connectivity index (χ3v) is 4.60. The molecule has 2 heterocycles. The first kappa shape index (κ1) is 15.6. The number of ether oxygens (including phenoxy) is 1. The smallest absolute Gasteiger partial charge is 0.270 e. The quantitative estimate of drug-likeness (QED) is 0.871. The Labute approximate surface area is 137 Å². The lowest BCUT2D eigenvalue weighted by Crippen LogP contribution is -2.49. The second-order valence-electron chi connectivity index (χ2n) is 6.03. The van der Waals surface area contributed by atoms with Crippen molar-refractivity contribution < 1.29 is 9.53 Å². The van der Waals surface area contributed by atoms with Gasteiger partial charge < -0.3 is 14.2 Å². The number of rotatable bonds is 3. The average Bonchev–Trinajstić information content (AvgIpc) is 3.01. The van der Waals surface area contributed by atoms with Gasteiger partial charge in [-0.25, -0.2) is 0 Å². The second kappa shape index (κ2) is 6.46. The number of aryl methyl sites for hydroxylation is 1. The van der Waals surface area contributed by atoms with Crippen molar-refractivity contribution in [2.24, 2.45) is 7.05 Å². The van der Waals surface area contributed by atoms with Crippen molar-refractivity contribution in [2.45, 2.75) is 6.04 Å². The molecule has 1 aromatic carbocycles. The van der Waals surface area contributed by atoms with Crippen LogP contribution in [0.3, 0.4) is 0 Å². The Kier molecular flexibility index (Phi) is 4.39. The zero-order valence-corrected chi connectivity index (χ0v) is 13.9. The third kappa shape index (κ3) is 3.10. The third-order valence-electron chi connectivity index (χ3n) is 4.60. The largest absolute Gasteiger partial charge is 0.497 e. The lowest BCUT2D eigenvalue weighted by molar-refractivity contribution is 0.0537. The Bertz CT molecular complexity index is 678. The highest BCUT2D eigenvalue weighted by molar-refractivity contribution is 5.92. The molecule has 0 N–H and O–H groups in total. The monoisotopic (exact) mass is 313 g/mol. The van der Waals surface area contributed by atoms with Gasteiger partial charge in [-0.1, -0.05) is 12.1 Å². The molecule has 0 saturated carbocycles. The summed E-state index contributed by atoms with van der Waals surface area (Å²) in [7, 11) is 5.69. The first-order valence-corrected chi connectivity index (χ1v) is 7.85. The zero-order valence-electron chi connectivity index (χ0n) is 13.9. The fourth-order valence-corrected chi connectivity index (χ4v) is 3.09. The van der Waals surface area contributed by atoms with Crippen molar-refractivity contribution in [2.75, 3.05) is 33.8 Å². The van der Waals surface area contributed by atoms with Crippen LogP contribution < -0.4 is 4.74 Å². The minimum absolute atomic E-state index is 0.101. The van der Waals surface area contributed by atoms with E-state index in [4.69, 9.17) is 4.74 Å². The molecule has 3 rings (SSSR count). The molecule has 0 radical (unpaired) electrons. The summed E-state index contributed by atoms with van der Waals surface area (Å²) in [4.78, 5) is 17.0. The van der Waals surface area contributed by atoms with E-state index in [1.165, 1.54) is 5.56 Å². The van der Waals surface area contributed by atoms with Gasteiger partial charge in [0.05, 0.1) is 13.2 Å². The van der Waals surface area contributed by atoms with Crippen LogP contribution in [0, 0.1) is 0 Å². The predicted octanol–water partition coefficient (Wildman–Crippen LogP) is 2.16. The van der Waals surface area contributed by atoms with Crippen LogP contribution in [-0.2, 0) is 7.05 Å². The maximum absolute atomic E-state index is 12.7. The maximum Gasteiger partial charge on any atom is 0.270 e. The lowest BCUT2D eigenvalue weighted by atomic mass is 10.0. The number of aromatic nitrogens is 1. The van der Waals surface area contributed by atoms with Gasteiger partial charge in [-0.2, -0.15) is 0 Å². The number of carbonyl (C=O) groups excluding carboxylic acids is 1. The molecule has 1 aromatic heterocycles. The van der Waals surface area contributed by atoms with Gasteiger partial charge >= 0.3 is 0 Å². The number of amides is 1. The van der Waals surface area contributed by atoms with Gasteiger partial charge in [0.15, 0.2) is 0 Å². The molecular weight excluding hydrogens is 290 g/mol. The van der Waals surface area contributed by atoms with E-state index >= 15 is 0 Å². The van der Waals surface area contributed by atoms with E-state index in [0.717, 1.165) is 24.5 Å². The molecule has 0 spiro atoms. The predicted molar refractivity (Wildman–Crippen MR) is 89.7 cm³/mol. The molecule has 0 aliphatic carbocycles. The van der Waals surface area contributed by atoms with Crippen molar-refractivity contribution in [3.63, 3.8) is 0 Å². The molecule has 0 unspecified atom stereocenters. The highest BCUT2D eigenvalue weighted by Gasteiger charge is 2.29. The molecule has 122 valence electrons.